The summed E-state index contributed by atoms with van der Waals surface area (Å²) in [6.07, 6.45) is 4.87. The molecule has 0 amide bonds. The highest BCUT2D eigenvalue weighted by Gasteiger charge is 2.32. The Morgan fingerprint density at radius 3 is 2.76 bits per heavy atom. The molecular weight excluding hydrogens is 595 g/mol. The van der Waals surface area contributed by atoms with E-state index in [2.05, 4.69) is 6.08 Å². The first-order valence-electron chi connectivity index (χ1n) is 13.6. The number of nitrogens with zero attached hydrogens (tertiary/aromatic N) is 1. The number of likely N-dealkylation sites (N-methyl/N-ethyl adjacent to an activating group) is 1. The minimum absolute atomic E-state index is 0.0207. The number of fused-ring (bicyclic) bond motifs is 2. The number of carbonyl (C=O) groups excluding carboxylic acids is 1. The molecule has 0 saturated carbocycles. The Hall–Kier alpha value is -2.21. The Balaban J connectivity index is 1.24. The van der Waals surface area contributed by atoms with Crippen LogP contribution in [0.3, 0.4) is 0 Å². The molecule has 0 saturated heterocycles. The van der Waals surface area contributed by atoms with E-state index >= 15 is 0 Å². The Kier molecular flexibility index (Phi) is 11.4. The van der Waals surface area contributed by atoms with Gasteiger partial charge in [-0.15, -0.1) is 23.1 Å². The van der Waals surface area contributed by atoms with Gasteiger partial charge in [-0.05, 0) is 63.1 Å². The molecule has 3 aromatic rings. The van der Waals surface area contributed by atoms with Crippen LogP contribution in [-0.2, 0) is 21.7 Å². The lowest BCUT2D eigenvalue weighted by molar-refractivity contribution is -0.147. The van der Waals surface area contributed by atoms with Crippen molar-refractivity contribution >= 4 is 72.7 Å². The summed E-state index contributed by atoms with van der Waals surface area (Å²) in [7, 11) is 0. The monoisotopic (exact) mass is 629 g/mol. The summed E-state index contributed by atoms with van der Waals surface area (Å²) in [5.41, 5.74) is 2.09. The maximum atomic E-state index is 13.0. The zero-order chi connectivity index (χ0) is 29.4. The summed E-state index contributed by atoms with van der Waals surface area (Å²) in [4.78, 5) is 28.6. The summed E-state index contributed by atoms with van der Waals surface area (Å²) in [5.74, 6) is 0.936. The van der Waals surface area contributed by atoms with Crippen molar-refractivity contribution in [2.24, 2.45) is 0 Å². The molecule has 0 radical (unpaired) electrons. The minimum atomic E-state index is -0.901. The van der Waals surface area contributed by atoms with Crippen LogP contribution >= 0.6 is 47.1 Å². The molecule has 0 fully saturated rings. The average molecular weight is 630 g/mol. The summed E-state index contributed by atoms with van der Waals surface area (Å²) in [6, 6.07) is 15.5. The SMILES string of the molecule is CCN(CCOC(=O)C(C)(C)SC(=S)SCc1ccccc1)C(O)COc1ccc2sc3c(c(=O)c2c1)CCC=C3. The van der Waals surface area contributed by atoms with Gasteiger partial charge in [-0.25, -0.2) is 0 Å². The molecule has 0 aliphatic heterocycles. The fourth-order valence-electron chi connectivity index (χ4n) is 4.33. The molecule has 0 bridgehead atoms. The highest BCUT2D eigenvalue weighted by atomic mass is 32.2. The number of benzene rings is 2. The normalized spacial score (nSPS) is 13.7. The number of aliphatic hydroxyl groups is 1. The molecular formula is C31H35NO5S4. The van der Waals surface area contributed by atoms with Gasteiger partial charge in [0.1, 0.15) is 33.5 Å². The lowest BCUT2D eigenvalue weighted by atomic mass is 10.0. The van der Waals surface area contributed by atoms with Gasteiger partial charge in [0.05, 0.1) is 0 Å². The third-order valence-corrected chi connectivity index (χ3v) is 10.6. The predicted molar refractivity (Wildman–Crippen MR) is 177 cm³/mol. The molecule has 0 spiro atoms. The van der Waals surface area contributed by atoms with Crippen molar-refractivity contribution in [3.05, 3.63) is 80.8 Å². The highest BCUT2D eigenvalue weighted by molar-refractivity contribution is 8.47. The van der Waals surface area contributed by atoms with Crippen molar-refractivity contribution < 1.29 is 19.4 Å². The molecule has 1 unspecified atom stereocenters. The van der Waals surface area contributed by atoms with Gasteiger partial charge in [0.15, 0.2) is 5.43 Å². The second-order valence-corrected chi connectivity index (χ2v) is 15.0. The van der Waals surface area contributed by atoms with Crippen LogP contribution in [0.15, 0.2) is 59.4 Å². The number of thiocarbonyl (C=S) groups is 1. The first-order valence-corrected chi connectivity index (χ1v) is 16.6. The zero-order valence-corrected chi connectivity index (χ0v) is 26.7. The smallest absolute Gasteiger partial charge is 0.322 e. The number of rotatable bonds is 12. The topological polar surface area (TPSA) is 76.1 Å². The lowest BCUT2D eigenvalue weighted by Gasteiger charge is -2.27. The van der Waals surface area contributed by atoms with Gasteiger partial charge in [0.2, 0.25) is 0 Å². The number of aliphatic hydroxyl groups excluding tert-OH is 1. The standard InChI is InChI=1S/C31H35NO5S4/c1-4-32(16-17-36-29(35)31(2,3)41-30(38)39-20-21-10-6-5-7-11-21)27(33)19-37-22-14-15-26-24(18-22)28(34)23-12-8-9-13-25(23)40-26/h5-7,9-11,13-15,18,27,33H,4,8,12,16-17,19-20H2,1-3H3. The van der Waals surface area contributed by atoms with Gasteiger partial charge in [0, 0.05) is 32.8 Å². The zero-order valence-electron chi connectivity index (χ0n) is 23.5. The second kappa shape index (κ2) is 14.8. The number of ether oxygens (including phenoxy) is 2. The molecule has 1 atom stereocenters. The first kappa shape index (κ1) is 31.7. The van der Waals surface area contributed by atoms with Gasteiger partial charge < -0.3 is 14.6 Å². The quantitative estimate of drug-likeness (QED) is 0.137. The van der Waals surface area contributed by atoms with E-state index in [1.807, 2.05) is 55.5 Å². The fraction of sp³-hybridized carbons (Fsp3) is 0.387. The lowest BCUT2D eigenvalue weighted by Crippen LogP contribution is -2.42. The third kappa shape index (κ3) is 8.65. The van der Waals surface area contributed by atoms with E-state index in [1.165, 1.54) is 29.1 Å². The average Bonchev–Trinajstić information content (AvgIpc) is 2.97. The molecule has 1 aliphatic carbocycles. The number of esters is 1. The van der Waals surface area contributed by atoms with Crippen molar-refractivity contribution in [2.45, 2.75) is 50.3 Å². The Labute approximate surface area is 259 Å². The van der Waals surface area contributed by atoms with E-state index in [1.54, 1.807) is 36.2 Å². The van der Waals surface area contributed by atoms with Crippen LogP contribution in [-0.4, -0.2) is 56.8 Å². The minimum Gasteiger partial charge on any atom is -0.489 e. The van der Waals surface area contributed by atoms with E-state index in [4.69, 9.17) is 21.7 Å². The summed E-state index contributed by atoms with van der Waals surface area (Å²) < 4.78 is 12.2. The van der Waals surface area contributed by atoms with Crippen LogP contribution in [0.5, 0.6) is 5.75 Å². The van der Waals surface area contributed by atoms with Crippen LogP contribution < -0.4 is 10.2 Å². The number of allylic oxidation sites excluding steroid dienone is 1. The number of hydrogen-bond acceptors (Lipinski definition) is 10. The maximum Gasteiger partial charge on any atom is 0.322 e. The van der Waals surface area contributed by atoms with Crippen LogP contribution in [0.4, 0.5) is 0 Å². The van der Waals surface area contributed by atoms with Crippen molar-refractivity contribution in [3.63, 3.8) is 0 Å². The Bertz CT molecular complexity index is 1450. The molecule has 218 valence electrons. The molecule has 10 heteroatoms. The fourth-order valence-corrected chi connectivity index (χ4v) is 8.32. The van der Waals surface area contributed by atoms with Crippen molar-refractivity contribution in [1.29, 1.82) is 0 Å². The number of hydrogen-bond donors (Lipinski definition) is 1. The summed E-state index contributed by atoms with van der Waals surface area (Å²) in [5, 5.41) is 11.4. The highest BCUT2D eigenvalue weighted by Crippen LogP contribution is 2.33. The van der Waals surface area contributed by atoms with Crippen LogP contribution in [0, 0.1) is 0 Å². The first-order chi connectivity index (χ1) is 19.7. The van der Waals surface area contributed by atoms with Crippen LogP contribution in [0.1, 0.15) is 43.2 Å². The van der Waals surface area contributed by atoms with Crippen molar-refractivity contribution in [2.75, 3.05) is 26.3 Å². The van der Waals surface area contributed by atoms with Gasteiger partial charge in [-0.3, -0.25) is 14.5 Å². The van der Waals surface area contributed by atoms with E-state index in [-0.39, 0.29) is 24.6 Å². The van der Waals surface area contributed by atoms with Crippen LogP contribution in [0.2, 0.25) is 0 Å². The summed E-state index contributed by atoms with van der Waals surface area (Å²) in [6.45, 7) is 6.58. The van der Waals surface area contributed by atoms with Gasteiger partial charge in [-0.1, -0.05) is 67.3 Å². The molecule has 6 nitrogen and oxygen atoms in total. The van der Waals surface area contributed by atoms with E-state index in [0.717, 1.165) is 33.7 Å². The predicted octanol–water partition coefficient (Wildman–Crippen LogP) is 6.51. The van der Waals surface area contributed by atoms with E-state index in [9.17, 15) is 14.7 Å². The van der Waals surface area contributed by atoms with E-state index < -0.39 is 11.0 Å². The van der Waals surface area contributed by atoms with Gasteiger partial charge in [0.25, 0.3) is 0 Å². The third-order valence-electron chi connectivity index (χ3n) is 6.69. The van der Waals surface area contributed by atoms with Crippen molar-refractivity contribution in [3.8, 4) is 5.75 Å². The molecule has 2 aromatic carbocycles. The van der Waals surface area contributed by atoms with E-state index in [0.29, 0.717) is 27.8 Å². The number of carbonyl (C=O) groups is 1. The molecule has 1 aromatic heterocycles. The Morgan fingerprint density at radius 1 is 1.22 bits per heavy atom. The molecule has 4 rings (SSSR count). The molecule has 1 N–H and O–H groups in total. The second-order valence-electron chi connectivity index (χ2n) is 10.1. The molecule has 1 heterocycles. The maximum absolute atomic E-state index is 13.0. The van der Waals surface area contributed by atoms with Gasteiger partial charge >= 0.3 is 5.97 Å². The molecule has 1 aliphatic rings. The van der Waals surface area contributed by atoms with Crippen LogP contribution in [0.25, 0.3) is 16.2 Å². The largest absolute Gasteiger partial charge is 0.489 e. The van der Waals surface area contributed by atoms with Gasteiger partial charge in [-0.2, -0.15) is 0 Å². The summed E-state index contributed by atoms with van der Waals surface area (Å²) >= 11 is 9.97. The van der Waals surface area contributed by atoms with Crippen molar-refractivity contribution in [1.82, 2.24) is 4.90 Å². The Morgan fingerprint density at radius 2 is 2.00 bits per heavy atom. The number of thioether (sulfide) groups is 2. The molecule has 41 heavy (non-hydrogen) atoms.